The van der Waals surface area contributed by atoms with Crippen LogP contribution in [0, 0.1) is 5.92 Å². The number of ether oxygens (including phenoxy) is 1. The van der Waals surface area contributed by atoms with Gasteiger partial charge < -0.3 is 19.4 Å². The zero-order chi connectivity index (χ0) is 16.1. The average molecular weight is 317 g/mol. The fourth-order valence-corrected chi connectivity index (χ4v) is 2.93. The lowest BCUT2D eigenvalue weighted by molar-refractivity contribution is -0.125. The van der Waals surface area contributed by atoms with Gasteiger partial charge >= 0.3 is 0 Å². The smallest absolute Gasteiger partial charge is 0.298 e. The van der Waals surface area contributed by atoms with E-state index in [1.54, 1.807) is 7.11 Å². The highest BCUT2D eigenvalue weighted by atomic mass is 16.5. The summed E-state index contributed by atoms with van der Waals surface area (Å²) < 4.78 is 10.8. The summed E-state index contributed by atoms with van der Waals surface area (Å²) in [7, 11) is 1.67. The molecule has 124 valence electrons. The van der Waals surface area contributed by atoms with Gasteiger partial charge in [0.2, 0.25) is 5.91 Å². The van der Waals surface area contributed by atoms with Gasteiger partial charge in [0, 0.05) is 33.4 Å². The molecule has 0 spiro atoms. The molecule has 1 N–H and O–H groups in total. The van der Waals surface area contributed by atoms with Gasteiger partial charge in [-0.15, -0.1) is 0 Å². The van der Waals surface area contributed by atoms with E-state index in [-0.39, 0.29) is 11.8 Å². The van der Waals surface area contributed by atoms with Crippen molar-refractivity contribution in [1.29, 1.82) is 0 Å². The third-order valence-corrected chi connectivity index (χ3v) is 4.17. The van der Waals surface area contributed by atoms with E-state index in [1.165, 1.54) is 0 Å². The van der Waals surface area contributed by atoms with Crippen LogP contribution in [0.15, 0.2) is 28.7 Å². The van der Waals surface area contributed by atoms with Crippen molar-refractivity contribution in [3.63, 3.8) is 0 Å². The van der Waals surface area contributed by atoms with E-state index in [9.17, 15) is 4.79 Å². The van der Waals surface area contributed by atoms with Crippen LogP contribution in [-0.4, -0.2) is 44.2 Å². The van der Waals surface area contributed by atoms with E-state index in [2.05, 4.69) is 15.2 Å². The number of para-hydroxylation sites is 2. The second-order valence-electron chi connectivity index (χ2n) is 5.89. The van der Waals surface area contributed by atoms with E-state index in [1.807, 2.05) is 24.3 Å². The van der Waals surface area contributed by atoms with Crippen LogP contribution < -0.4 is 10.2 Å². The van der Waals surface area contributed by atoms with E-state index in [0.29, 0.717) is 25.7 Å². The maximum Gasteiger partial charge on any atom is 0.298 e. The summed E-state index contributed by atoms with van der Waals surface area (Å²) >= 11 is 0. The Hall–Kier alpha value is -2.08. The number of nitrogens with zero attached hydrogens (tertiary/aromatic N) is 2. The Balaban J connectivity index is 1.60. The van der Waals surface area contributed by atoms with Crippen molar-refractivity contribution in [2.75, 3.05) is 38.3 Å². The van der Waals surface area contributed by atoms with Crippen molar-refractivity contribution in [3.8, 4) is 0 Å². The normalized spacial score (nSPS) is 18.3. The summed E-state index contributed by atoms with van der Waals surface area (Å²) in [6.07, 6.45) is 2.71. The van der Waals surface area contributed by atoms with Crippen LogP contribution in [-0.2, 0) is 9.53 Å². The molecule has 2 heterocycles. The number of anilines is 1. The first-order valence-corrected chi connectivity index (χ1v) is 8.15. The predicted octanol–water partition coefficient (Wildman–Crippen LogP) is 2.20. The molecule has 0 aliphatic carbocycles. The monoisotopic (exact) mass is 317 g/mol. The lowest BCUT2D eigenvalue weighted by Gasteiger charge is -2.30. The highest BCUT2D eigenvalue weighted by molar-refractivity contribution is 5.79. The first-order chi connectivity index (χ1) is 11.3. The Morgan fingerprint density at radius 2 is 2.35 bits per heavy atom. The topological polar surface area (TPSA) is 67.6 Å². The number of aromatic nitrogens is 1. The Kier molecular flexibility index (Phi) is 5.12. The predicted molar refractivity (Wildman–Crippen MR) is 88.4 cm³/mol. The minimum absolute atomic E-state index is 0.0127. The zero-order valence-electron chi connectivity index (χ0n) is 13.5. The number of piperidine rings is 1. The number of rotatable bonds is 6. The molecule has 1 aromatic carbocycles. The van der Waals surface area contributed by atoms with Gasteiger partial charge in [-0.2, -0.15) is 4.98 Å². The summed E-state index contributed by atoms with van der Waals surface area (Å²) in [5.41, 5.74) is 1.64. The van der Waals surface area contributed by atoms with Gasteiger partial charge in [-0.05, 0) is 31.4 Å². The molecule has 1 amide bonds. The molecule has 1 aromatic heterocycles. The average Bonchev–Trinajstić information content (AvgIpc) is 3.03. The van der Waals surface area contributed by atoms with Gasteiger partial charge in [-0.25, -0.2) is 0 Å². The van der Waals surface area contributed by atoms with Crippen LogP contribution in [0.3, 0.4) is 0 Å². The first-order valence-electron chi connectivity index (χ1n) is 8.15. The van der Waals surface area contributed by atoms with Crippen LogP contribution in [0.2, 0.25) is 0 Å². The van der Waals surface area contributed by atoms with E-state index in [4.69, 9.17) is 9.15 Å². The standard InChI is InChI=1S/C17H23N3O3/c1-22-11-5-9-18-16(21)13-6-4-10-20(12-13)17-19-14-7-2-3-8-15(14)23-17/h2-3,7-8,13H,4-6,9-12H2,1H3,(H,18,21). The van der Waals surface area contributed by atoms with Crippen LogP contribution >= 0.6 is 0 Å². The summed E-state index contributed by atoms with van der Waals surface area (Å²) in [4.78, 5) is 18.9. The molecule has 23 heavy (non-hydrogen) atoms. The Morgan fingerprint density at radius 3 is 3.17 bits per heavy atom. The van der Waals surface area contributed by atoms with Crippen LogP contribution in [0.1, 0.15) is 19.3 Å². The number of carbonyl (C=O) groups is 1. The number of oxazole rings is 1. The van der Waals surface area contributed by atoms with Crippen LogP contribution in [0.4, 0.5) is 6.01 Å². The molecule has 6 nitrogen and oxygen atoms in total. The number of amides is 1. The number of methoxy groups -OCH3 is 1. The molecule has 1 atom stereocenters. The third-order valence-electron chi connectivity index (χ3n) is 4.17. The lowest BCUT2D eigenvalue weighted by atomic mass is 9.97. The van der Waals surface area contributed by atoms with Crippen molar-refractivity contribution in [2.45, 2.75) is 19.3 Å². The summed E-state index contributed by atoms with van der Waals surface area (Å²) in [5, 5.41) is 2.99. The number of carbonyl (C=O) groups excluding carboxylic acids is 1. The molecule has 6 heteroatoms. The summed E-state index contributed by atoms with van der Waals surface area (Å²) in [6, 6.07) is 8.34. The highest BCUT2D eigenvalue weighted by Gasteiger charge is 2.28. The van der Waals surface area contributed by atoms with Crippen LogP contribution in [0.25, 0.3) is 11.1 Å². The summed E-state index contributed by atoms with van der Waals surface area (Å²) in [5.74, 6) is 0.100. The number of fused-ring (bicyclic) bond motifs is 1. The molecule has 0 radical (unpaired) electrons. The molecule has 2 aromatic rings. The number of benzene rings is 1. The van der Waals surface area contributed by atoms with Crippen molar-refractivity contribution in [3.05, 3.63) is 24.3 Å². The minimum Gasteiger partial charge on any atom is -0.423 e. The second-order valence-corrected chi connectivity index (χ2v) is 5.89. The molecule has 3 rings (SSSR count). The highest BCUT2D eigenvalue weighted by Crippen LogP contribution is 2.26. The van der Waals surface area contributed by atoms with Gasteiger partial charge in [-0.1, -0.05) is 12.1 Å². The number of hydrogen-bond donors (Lipinski definition) is 1. The Morgan fingerprint density at radius 1 is 1.48 bits per heavy atom. The van der Waals surface area contributed by atoms with E-state index in [0.717, 1.165) is 36.9 Å². The number of nitrogens with one attached hydrogen (secondary N) is 1. The van der Waals surface area contributed by atoms with Gasteiger partial charge in [0.1, 0.15) is 5.52 Å². The van der Waals surface area contributed by atoms with E-state index < -0.39 is 0 Å². The van der Waals surface area contributed by atoms with E-state index >= 15 is 0 Å². The largest absolute Gasteiger partial charge is 0.423 e. The maximum atomic E-state index is 12.3. The van der Waals surface area contributed by atoms with Gasteiger partial charge in [-0.3, -0.25) is 4.79 Å². The molecule has 1 fully saturated rings. The molecule has 1 aliphatic heterocycles. The van der Waals surface area contributed by atoms with Gasteiger partial charge in [0.05, 0.1) is 5.92 Å². The van der Waals surface area contributed by atoms with Crippen molar-refractivity contribution in [2.24, 2.45) is 5.92 Å². The Bertz CT molecular complexity index is 622. The molecule has 1 unspecified atom stereocenters. The van der Waals surface area contributed by atoms with Crippen molar-refractivity contribution >= 4 is 23.0 Å². The lowest BCUT2D eigenvalue weighted by Crippen LogP contribution is -2.43. The SMILES string of the molecule is COCCCNC(=O)C1CCCN(c2nc3ccccc3o2)C1. The fourth-order valence-electron chi connectivity index (χ4n) is 2.93. The maximum absolute atomic E-state index is 12.3. The molecule has 0 saturated carbocycles. The Labute approximate surface area is 135 Å². The molecular formula is C17H23N3O3. The summed E-state index contributed by atoms with van der Waals surface area (Å²) in [6.45, 7) is 2.86. The van der Waals surface area contributed by atoms with Gasteiger partial charge in [0.15, 0.2) is 5.58 Å². The minimum atomic E-state index is -0.0127. The molecule has 1 aliphatic rings. The number of hydrogen-bond acceptors (Lipinski definition) is 5. The molecule has 1 saturated heterocycles. The second kappa shape index (κ2) is 7.46. The third kappa shape index (κ3) is 3.82. The molecule has 0 bridgehead atoms. The van der Waals surface area contributed by atoms with Crippen molar-refractivity contribution in [1.82, 2.24) is 10.3 Å². The van der Waals surface area contributed by atoms with Crippen LogP contribution in [0.5, 0.6) is 0 Å². The fraction of sp³-hybridized carbons (Fsp3) is 0.529. The first kappa shape index (κ1) is 15.8. The van der Waals surface area contributed by atoms with Gasteiger partial charge in [0.25, 0.3) is 6.01 Å². The quantitative estimate of drug-likeness (QED) is 0.827. The zero-order valence-corrected chi connectivity index (χ0v) is 13.5. The molecular weight excluding hydrogens is 294 g/mol. The van der Waals surface area contributed by atoms with Crippen molar-refractivity contribution < 1.29 is 13.9 Å².